The van der Waals surface area contributed by atoms with Gasteiger partial charge in [0.15, 0.2) is 0 Å². The maximum absolute atomic E-state index is 5.71. The zero-order valence-electron chi connectivity index (χ0n) is 13.4. The van der Waals surface area contributed by atoms with E-state index in [1.807, 2.05) is 12.1 Å². The van der Waals surface area contributed by atoms with Crippen molar-refractivity contribution in [2.24, 2.45) is 0 Å². The monoisotopic (exact) mass is 313 g/mol. The Labute approximate surface area is 136 Å². The highest BCUT2D eigenvalue weighted by Crippen LogP contribution is 2.19. The Morgan fingerprint density at radius 2 is 2.26 bits per heavy atom. The highest BCUT2D eigenvalue weighted by molar-refractivity contribution is 5.44. The van der Waals surface area contributed by atoms with Gasteiger partial charge in [-0.15, -0.1) is 0 Å². The molecule has 1 unspecified atom stereocenters. The number of anilines is 2. The second-order valence-corrected chi connectivity index (χ2v) is 5.90. The van der Waals surface area contributed by atoms with Crippen LogP contribution in [0, 0.1) is 0 Å². The molecule has 6 heteroatoms. The topological polar surface area (TPSA) is 76.3 Å². The van der Waals surface area contributed by atoms with E-state index < -0.39 is 0 Å². The molecule has 1 aromatic heterocycles. The molecule has 1 aromatic carbocycles. The quantitative estimate of drug-likeness (QED) is 0.881. The SMILES string of the molecule is COc1cccc(CN2CCCC(Nc3cc(N)ncn3)C2)c1. The summed E-state index contributed by atoms with van der Waals surface area (Å²) in [7, 11) is 1.70. The van der Waals surface area contributed by atoms with Crippen LogP contribution in [0.1, 0.15) is 18.4 Å². The van der Waals surface area contributed by atoms with E-state index in [2.05, 4.69) is 32.3 Å². The number of likely N-dealkylation sites (tertiary alicyclic amines) is 1. The summed E-state index contributed by atoms with van der Waals surface area (Å²) in [6.45, 7) is 3.03. The van der Waals surface area contributed by atoms with E-state index in [1.165, 1.54) is 18.3 Å². The summed E-state index contributed by atoms with van der Waals surface area (Å²) in [5.74, 6) is 2.20. The maximum Gasteiger partial charge on any atom is 0.131 e. The molecule has 1 aliphatic rings. The summed E-state index contributed by atoms with van der Waals surface area (Å²) >= 11 is 0. The summed E-state index contributed by atoms with van der Waals surface area (Å²) in [4.78, 5) is 10.6. The molecule has 0 aliphatic carbocycles. The third-order valence-electron chi connectivity index (χ3n) is 4.09. The smallest absolute Gasteiger partial charge is 0.131 e. The molecule has 1 saturated heterocycles. The van der Waals surface area contributed by atoms with Gasteiger partial charge >= 0.3 is 0 Å². The van der Waals surface area contributed by atoms with Crippen LogP contribution < -0.4 is 15.8 Å². The number of nitrogens with two attached hydrogens (primary N) is 1. The van der Waals surface area contributed by atoms with E-state index in [4.69, 9.17) is 10.5 Å². The zero-order chi connectivity index (χ0) is 16.1. The van der Waals surface area contributed by atoms with E-state index in [9.17, 15) is 0 Å². The van der Waals surface area contributed by atoms with Crippen molar-refractivity contribution >= 4 is 11.6 Å². The molecular formula is C17H23N5O. The van der Waals surface area contributed by atoms with Crippen molar-refractivity contribution in [1.29, 1.82) is 0 Å². The van der Waals surface area contributed by atoms with Crippen molar-refractivity contribution in [1.82, 2.24) is 14.9 Å². The number of piperidine rings is 1. The van der Waals surface area contributed by atoms with Gasteiger partial charge in [-0.25, -0.2) is 9.97 Å². The van der Waals surface area contributed by atoms with Crippen LogP contribution in [0.15, 0.2) is 36.7 Å². The molecule has 3 rings (SSSR count). The lowest BCUT2D eigenvalue weighted by atomic mass is 10.0. The molecule has 1 atom stereocenters. The van der Waals surface area contributed by atoms with Gasteiger partial charge in [0.1, 0.15) is 23.7 Å². The molecular weight excluding hydrogens is 290 g/mol. The van der Waals surface area contributed by atoms with Crippen LogP contribution in [0.5, 0.6) is 5.75 Å². The predicted octanol–water partition coefficient (Wildman–Crippen LogP) is 2.14. The normalized spacial score (nSPS) is 18.6. The Morgan fingerprint density at radius 3 is 3.09 bits per heavy atom. The van der Waals surface area contributed by atoms with Crippen molar-refractivity contribution < 1.29 is 4.74 Å². The highest BCUT2D eigenvalue weighted by Gasteiger charge is 2.20. The number of rotatable bonds is 5. The molecule has 3 N–H and O–H groups in total. The van der Waals surface area contributed by atoms with E-state index in [1.54, 1.807) is 13.2 Å². The largest absolute Gasteiger partial charge is 0.497 e. The van der Waals surface area contributed by atoms with Gasteiger partial charge < -0.3 is 15.8 Å². The predicted molar refractivity (Wildman–Crippen MR) is 91.4 cm³/mol. The first-order valence-electron chi connectivity index (χ1n) is 7.92. The first-order chi connectivity index (χ1) is 11.2. The lowest BCUT2D eigenvalue weighted by molar-refractivity contribution is 0.208. The molecule has 6 nitrogen and oxygen atoms in total. The average molecular weight is 313 g/mol. The number of nitrogens with one attached hydrogen (secondary N) is 1. The molecule has 23 heavy (non-hydrogen) atoms. The molecule has 2 heterocycles. The Hall–Kier alpha value is -2.34. The van der Waals surface area contributed by atoms with E-state index >= 15 is 0 Å². The maximum atomic E-state index is 5.71. The second-order valence-electron chi connectivity index (χ2n) is 5.90. The fourth-order valence-electron chi connectivity index (χ4n) is 3.01. The zero-order valence-corrected chi connectivity index (χ0v) is 13.4. The molecule has 0 spiro atoms. The van der Waals surface area contributed by atoms with Gasteiger partial charge in [-0.05, 0) is 37.1 Å². The Kier molecular flexibility index (Phi) is 4.92. The van der Waals surface area contributed by atoms with Gasteiger partial charge in [0.2, 0.25) is 0 Å². The summed E-state index contributed by atoms with van der Waals surface area (Å²) in [6.07, 6.45) is 3.80. The lowest BCUT2D eigenvalue weighted by Crippen LogP contribution is -2.41. The number of nitrogen functional groups attached to an aromatic ring is 1. The molecule has 0 bridgehead atoms. The molecule has 0 radical (unpaired) electrons. The van der Waals surface area contributed by atoms with Crippen LogP contribution in [-0.4, -0.2) is 41.1 Å². The lowest BCUT2D eigenvalue weighted by Gasteiger charge is -2.33. The van der Waals surface area contributed by atoms with Crippen LogP contribution in [-0.2, 0) is 6.54 Å². The first-order valence-corrected chi connectivity index (χ1v) is 7.92. The number of methoxy groups -OCH3 is 1. The van der Waals surface area contributed by atoms with Gasteiger partial charge in [0.05, 0.1) is 7.11 Å². The van der Waals surface area contributed by atoms with Gasteiger partial charge in [-0.2, -0.15) is 0 Å². The first kappa shape index (κ1) is 15.6. The number of aromatic nitrogens is 2. The molecule has 122 valence electrons. The standard InChI is InChI=1S/C17H23N5O/c1-23-15-6-2-4-13(8-15)10-22-7-3-5-14(11-22)21-17-9-16(18)19-12-20-17/h2,4,6,8-9,12,14H,3,5,7,10-11H2,1H3,(H3,18,19,20,21). The summed E-state index contributed by atoms with van der Waals surface area (Å²) < 4.78 is 5.30. The minimum Gasteiger partial charge on any atom is -0.497 e. The van der Waals surface area contributed by atoms with E-state index in [0.29, 0.717) is 11.9 Å². The van der Waals surface area contributed by atoms with Gasteiger partial charge in [0, 0.05) is 25.2 Å². The number of hydrogen-bond acceptors (Lipinski definition) is 6. The fourth-order valence-corrected chi connectivity index (χ4v) is 3.01. The number of benzene rings is 1. The third-order valence-corrected chi connectivity index (χ3v) is 4.09. The van der Waals surface area contributed by atoms with E-state index in [-0.39, 0.29) is 0 Å². The highest BCUT2D eigenvalue weighted by atomic mass is 16.5. The molecule has 2 aromatic rings. The molecule has 0 saturated carbocycles. The molecule has 0 amide bonds. The van der Waals surface area contributed by atoms with Crippen molar-refractivity contribution in [3.8, 4) is 5.75 Å². The minimum atomic E-state index is 0.378. The number of hydrogen-bond donors (Lipinski definition) is 2. The fraction of sp³-hybridized carbons (Fsp3) is 0.412. The van der Waals surface area contributed by atoms with Crippen LogP contribution in [0.4, 0.5) is 11.6 Å². The van der Waals surface area contributed by atoms with Crippen LogP contribution in [0.2, 0.25) is 0 Å². The Bertz CT molecular complexity index is 648. The van der Waals surface area contributed by atoms with Crippen LogP contribution >= 0.6 is 0 Å². The molecule has 1 aliphatic heterocycles. The summed E-state index contributed by atoms with van der Waals surface area (Å²) in [6, 6.07) is 10.4. The second kappa shape index (κ2) is 7.28. The Morgan fingerprint density at radius 1 is 1.35 bits per heavy atom. The third kappa shape index (κ3) is 4.32. The summed E-state index contributed by atoms with van der Waals surface area (Å²) in [5, 5.41) is 3.46. The van der Waals surface area contributed by atoms with Crippen LogP contribution in [0.3, 0.4) is 0 Å². The number of nitrogens with zero attached hydrogens (tertiary/aromatic N) is 3. The average Bonchev–Trinajstić information content (AvgIpc) is 2.55. The van der Waals surface area contributed by atoms with Gasteiger partial charge in [-0.1, -0.05) is 12.1 Å². The minimum absolute atomic E-state index is 0.378. The number of ether oxygens (including phenoxy) is 1. The molecule has 1 fully saturated rings. The van der Waals surface area contributed by atoms with Gasteiger partial charge in [0.25, 0.3) is 0 Å². The van der Waals surface area contributed by atoms with Crippen molar-refractivity contribution in [3.05, 3.63) is 42.2 Å². The Balaban J connectivity index is 1.59. The van der Waals surface area contributed by atoms with Crippen molar-refractivity contribution in [2.75, 3.05) is 31.2 Å². The van der Waals surface area contributed by atoms with E-state index in [0.717, 1.165) is 37.6 Å². The van der Waals surface area contributed by atoms with Crippen molar-refractivity contribution in [3.63, 3.8) is 0 Å². The summed E-state index contributed by atoms with van der Waals surface area (Å²) in [5.41, 5.74) is 6.98. The van der Waals surface area contributed by atoms with Crippen molar-refractivity contribution in [2.45, 2.75) is 25.4 Å². The van der Waals surface area contributed by atoms with Gasteiger partial charge in [-0.3, -0.25) is 4.90 Å². The van der Waals surface area contributed by atoms with Crippen LogP contribution in [0.25, 0.3) is 0 Å².